The van der Waals surface area contributed by atoms with Crippen LogP contribution in [0.3, 0.4) is 0 Å². The number of hydrogen-bond acceptors (Lipinski definition) is 5. The summed E-state index contributed by atoms with van der Waals surface area (Å²) in [6.45, 7) is -0.569. The molecule has 3 N–H and O–H groups in total. The van der Waals surface area contributed by atoms with E-state index in [9.17, 15) is 4.79 Å². The highest BCUT2D eigenvalue weighted by atomic mass is 16.5. The van der Waals surface area contributed by atoms with Crippen LogP contribution in [0.5, 0.6) is 0 Å². The van der Waals surface area contributed by atoms with Gasteiger partial charge in [-0.1, -0.05) is 0 Å². The zero-order chi connectivity index (χ0) is 8.43. The molecule has 0 bridgehead atoms. The highest BCUT2D eigenvalue weighted by Gasteiger charge is 2.36. The number of hydrogen-bond donors (Lipinski definition) is 3. The highest BCUT2D eigenvalue weighted by Crippen LogP contribution is 2.10. The Morgan fingerprint density at radius 2 is 2.18 bits per heavy atom. The Hall–Kier alpha value is -0.490. The first kappa shape index (κ1) is 8.61. The predicted molar refractivity (Wildman–Crippen MR) is 33.8 cm³/mol. The normalized spacial score (nSPS) is 39.2. The molecule has 5 heteroatoms. The number of rotatable bonds is 1. The Bertz CT molecular complexity index is 157. The minimum Gasteiger partial charge on any atom is -0.394 e. The van der Waals surface area contributed by atoms with Gasteiger partial charge in [0, 0.05) is 0 Å². The Morgan fingerprint density at radius 3 is 2.73 bits per heavy atom. The van der Waals surface area contributed by atoms with Crippen molar-refractivity contribution in [3.05, 3.63) is 0 Å². The second-order valence-corrected chi connectivity index (χ2v) is 2.42. The third-order valence-corrected chi connectivity index (χ3v) is 1.62. The maximum Gasteiger partial charge on any atom is 0.194 e. The Labute approximate surface area is 63.2 Å². The average Bonchev–Trinajstić information content (AvgIpc) is 2.01. The first-order valence-electron chi connectivity index (χ1n) is 3.29. The van der Waals surface area contributed by atoms with Crippen molar-refractivity contribution in [3.63, 3.8) is 0 Å². The van der Waals surface area contributed by atoms with Crippen molar-refractivity contribution in [2.24, 2.45) is 0 Å². The van der Waals surface area contributed by atoms with Gasteiger partial charge in [-0.05, 0) is 0 Å². The highest BCUT2D eigenvalue weighted by molar-refractivity contribution is 5.88. The molecule has 1 fully saturated rings. The fourth-order valence-corrected chi connectivity index (χ4v) is 0.921. The van der Waals surface area contributed by atoms with Crippen molar-refractivity contribution in [1.82, 2.24) is 0 Å². The van der Waals surface area contributed by atoms with Gasteiger partial charge in [-0.2, -0.15) is 0 Å². The van der Waals surface area contributed by atoms with Gasteiger partial charge < -0.3 is 20.1 Å². The minimum atomic E-state index is -1.40. The molecule has 0 radical (unpaired) electrons. The smallest absolute Gasteiger partial charge is 0.194 e. The van der Waals surface area contributed by atoms with Gasteiger partial charge in [-0.3, -0.25) is 4.79 Å². The number of carbonyl (C=O) groups is 1. The summed E-state index contributed by atoms with van der Waals surface area (Å²) in [5.41, 5.74) is 0. The Balaban J connectivity index is 2.59. The Kier molecular flexibility index (Phi) is 2.56. The number of aliphatic hydroxyl groups is 3. The molecule has 0 aliphatic carbocycles. The molecule has 3 atom stereocenters. The summed E-state index contributed by atoms with van der Waals surface area (Å²) in [7, 11) is 0. The molecule has 0 amide bonds. The average molecular weight is 162 g/mol. The van der Waals surface area contributed by atoms with Crippen LogP contribution >= 0.6 is 0 Å². The fourth-order valence-electron chi connectivity index (χ4n) is 0.921. The van der Waals surface area contributed by atoms with E-state index >= 15 is 0 Å². The predicted octanol–water partition coefficient (Wildman–Crippen LogP) is -2.33. The van der Waals surface area contributed by atoms with E-state index in [1.165, 1.54) is 0 Å². The van der Waals surface area contributed by atoms with E-state index in [0.29, 0.717) is 0 Å². The maximum absolute atomic E-state index is 10.8. The van der Waals surface area contributed by atoms with E-state index in [1.807, 2.05) is 0 Å². The fraction of sp³-hybridized carbons (Fsp3) is 0.833. The van der Waals surface area contributed by atoms with Gasteiger partial charge >= 0.3 is 0 Å². The number of ether oxygens (including phenoxy) is 1. The molecule has 5 nitrogen and oxygen atoms in total. The molecule has 1 rings (SSSR count). The molecule has 0 spiro atoms. The molecule has 1 aliphatic heterocycles. The summed E-state index contributed by atoms with van der Waals surface area (Å²) < 4.78 is 4.75. The molecule has 0 aromatic carbocycles. The zero-order valence-electron chi connectivity index (χ0n) is 5.80. The lowest BCUT2D eigenvalue weighted by molar-refractivity contribution is -0.168. The summed E-state index contributed by atoms with van der Waals surface area (Å²) in [6.07, 6.45) is -3.54. The number of carbonyl (C=O) groups excluding carboxylic acids is 1. The van der Waals surface area contributed by atoms with Crippen molar-refractivity contribution in [2.75, 3.05) is 13.2 Å². The molecule has 0 aromatic rings. The molecule has 1 heterocycles. The standard InChI is InChI=1S/C6H10O5/c7-1-4-6(10)5(9)3(8)2-11-4/h3-4,6-8,10H,1-2H2. The molecule has 1 aliphatic rings. The van der Waals surface area contributed by atoms with E-state index in [1.54, 1.807) is 0 Å². The lowest BCUT2D eigenvalue weighted by Crippen LogP contribution is -2.51. The van der Waals surface area contributed by atoms with E-state index in [4.69, 9.17) is 20.1 Å². The van der Waals surface area contributed by atoms with Crippen LogP contribution in [0.25, 0.3) is 0 Å². The van der Waals surface area contributed by atoms with Gasteiger partial charge in [0.2, 0.25) is 0 Å². The van der Waals surface area contributed by atoms with Crippen LogP contribution in [0, 0.1) is 0 Å². The number of Topliss-reactive ketones (excluding diaryl/α,β-unsaturated/α-hetero) is 1. The zero-order valence-corrected chi connectivity index (χ0v) is 5.80. The SMILES string of the molecule is O=C1C(O)COC(CO)C1O. The quantitative estimate of drug-likeness (QED) is 0.402. The minimum absolute atomic E-state index is 0.152. The molecule has 0 saturated carbocycles. The summed E-state index contributed by atoms with van der Waals surface area (Å²) in [6, 6.07) is 0. The summed E-state index contributed by atoms with van der Waals surface area (Å²) >= 11 is 0. The summed E-state index contributed by atoms with van der Waals surface area (Å²) in [5, 5.41) is 26.4. The third kappa shape index (κ3) is 1.57. The van der Waals surface area contributed by atoms with E-state index in [0.717, 1.165) is 0 Å². The van der Waals surface area contributed by atoms with Crippen molar-refractivity contribution >= 4 is 5.78 Å². The van der Waals surface area contributed by atoms with Crippen LogP contribution in [0.2, 0.25) is 0 Å². The van der Waals surface area contributed by atoms with E-state index in [2.05, 4.69) is 0 Å². The van der Waals surface area contributed by atoms with Gasteiger partial charge in [-0.25, -0.2) is 0 Å². The van der Waals surface area contributed by atoms with Gasteiger partial charge in [0.1, 0.15) is 18.3 Å². The molecule has 3 unspecified atom stereocenters. The van der Waals surface area contributed by atoms with Crippen molar-refractivity contribution < 1.29 is 24.9 Å². The number of aliphatic hydroxyl groups excluding tert-OH is 3. The van der Waals surface area contributed by atoms with Crippen LogP contribution in [-0.4, -0.2) is 52.6 Å². The van der Waals surface area contributed by atoms with Gasteiger partial charge in [0.15, 0.2) is 5.78 Å². The molecule has 0 aromatic heterocycles. The van der Waals surface area contributed by atoms with Gasteiger partial charge in [0.05, 0.1) is 13.2 Å². The second-order valence-electron chi connectivity index (χ2n) is 2.42. The molecule has 1 saturated heterocycles. The summed E-state index contributed by atoms with van der Waals surface area (Å²) in [4.78, 5) is 10.8. The molecule has 64 valence electrons. The van der Waals surface area contributed by atoms with Crippen LogP contribution in [-0.2, 0) is 9.53 Å². The third-order valence-electron chi connectivity index (χ3n) is 1.62. The van der Waals surface area contributed by atoms with Crippen molar-refractivity contribution in [2.45, 2.75) is 18.3 Å². The first-order valence-corrected chi connectivity index (χ1v) is 3.29. The Morgan fingerprint density at radius 1 is 1.55 bits per heavy atom. The van der Waals surface area contributed by atoms with E-state index in [-0.39, 0.29) is 6.61 Å². The topological polar surface area (TPSA) is 87.0 Å². The van der Waals surface area contributed by atoms with Crippen LogP contribution in [0.4, 0.5) is 0 Å². The van der Waals surface area contributed by atoms with Gasteiger partial charge in [0.25, 0.3) is 0 Å². The van der Waals surface area contributed by atoms with E-state index < -0.39 is 30.7 Å². The molecular weight excluding hydrogens is 152 g/mol. The second kappa shape index (κ2) is 3.27. The van der Waals surface area contributed by atoms with Crippen LogP contribution in [0.1, 0.15) is 0 Å². The van der Waals surface area contributed by atoms with Crippen LogP contribution in [0.15, 0.2) is 0 Å². The van der Waals surface area contributed by atoms with Crippen LogP contribution < -0.4 is 0 Å². The lowest BCUT2D eigenvalue weighted by Gasteiger charge is -2.28. The molecule has 11 heavy (non-hydrogen) atoms. The monoisotopic (exact) mass is 162 g/mol. The largest absolute Gasteiger partial charge is 0.394 e. The maximum atomic E-state index is 10.8. The number of ketones is 1. The molecular formula is C6H10O5. The first-order chi connectivity index (χ1) is 5.16. The van der Waals surface area contributed by atoms with Crippen molar-refractivity contribution in [3.8, 4) is 0 Å². The van der Waals surface area contributed by atoms with Crippen molar-refractivity contribution in [1.29, 1.82) is 0 Å². The van der Waals surface area contributed by atoms with Gasteiger partial charge in [-0.15, -0.1) is 0 Å². The summed E-state index contributed by atoms with van der Waals surface area (Å²) in [5.74, 6) is -0.685. The lowest BCUT2D eigenvalue weighted by atomic mass is 10.0.